The second kappa shape index (κ2) is 7.50. The molecule has 0 spiro atoms. The summed E-state index contributed by atoms with van der Waals surface area (Å²) in [7, 11) is 3.39. The summed E-state index contributed by atoms with van der Waals surface area (Å²) in [4.78, 5) is 32.0. The Labute approximate surface area is 140 Å². The molecule has 1 aliphatic rings. The van der Waals surface area contributed by atoms with Gasteiger partial charge in [-0.05, 0) is 26.3 Å². The van der Waals surface area contributed by atoms with Crippen molar-refractivity contribution < 1.29 is 9.59 Å². The summed E-state index contributed by atoms with van der Waals surface area (Å²) in [6, 6.07) is 1.67. The quantitative estimate of drug-likeness (QED) is 0.807. The number of nitrogens with zero attached hydrogens (tertiary/aromatic N) is 3. The Morgan fingerprint density at radius 2 is 2.22 bits per heavy atom. The van der Waals surface area contributed by atoms with Crippen LogP contribution in [0, 0.1) is 0 Å². The third-order valence-electron chi connectivity index (χ3n) is 3.74. The number of rotatable bonds is 6. The summed E-state index contributed by atoms with van der Waals surface area (Å²) in [6.45, 7) is 4.80. The van der Waals surface area contributed by atoms with Gasteiger partial charge in [0, 0.05) is 43.6 Å². The first-order valence-electron chi connectivity index (χ1n) is 7.44. The molecule has 2 rings (SSSR count). The molecule has 1 aliphatic heterocycles. The van der Waals surface area contributed by atoms with Gasteiger partial charge in [0.15, 0.2) is 0 Å². The first kappa shape index (κ1) is 17.3. The molecule has 1 unspecified atom stereocenters. The molecule has 7 heteroatoms. The highest BCUT2D eigenvalue weighted by molar-refractivity contribution is 8.03. The van der Waals surface area contributed by atoms with Crippen LogP contribution in [-0.2, 0) is 4.79 Å². The molecule has 0 fully saturated rings. The minimum Gasteiger partial charge on any atom is -0.376 e. The lowest BCUT2D eigenvalue weighted by Gasteiger charge is -2.21. The molecule has 1 aromatic rings. The van der Waals surface area contributed by atoms with E-state index in [2.05, 4.69) is 24.1 Å². The molecule has 6 nitrogen and oxygen atoms in total. The van der Waals surface area contributed by atoms with Gasteiger partial charge >= 0.3 is 0 Å². The van der Waals surface area contributed by atoms with Crippen molar-refractivity contribution in [2.24, 2.45) is 0 Å². The van der Waals surface area contributed by atoms with Gasteiger partial charge in [-0.15, -0.1) is 11.8 Å². The van der Waals surface area contributed by atoms with Gasteiger partial charge in [0.2, 0.25) is 6.41 Å². The van der Waals surface area contributed by atoms with E-state index in [-0.39, 0.29) is 5.91 Å². The number of amides is 2. The van der Waals surface area contributed by atoms with E-state index in [1.807, 2.05) is 0 Å². The van der Waals surface area contributed by atoms with Crippen LogP contribution in [0.3, 0.4) is 0 Å². The first-order chi connectivity index (χ1) is 10.9. The predicted octanol–water partition coefficient (Wildman–Crippen LogP) is 2.05. The van der Waals surface area contributed by atoms with E-state index in [9.17, 15) is 9.59 Å². The van der Waals surface area contributed by atoms with Crippen LogP contribution in [0.5, 0.6) is 0 Å². The van der Waals surface area contributed by atoms with Crippen molar-refractivity contribution in [2.45, 2.75) is 25.6 Å². The van der Waals surface area contributed by atoms with E-state index < -0.39 is 0 Å². The van der Waals surface area contributed by atoms with Crippen molar-refractivity contribution in [1.82, 2.24) is 15.2 Å². The number of aromatic nitrogens is 1. The topological polar surface area (TPSA) is 65.5 Å². The fourth-order valence-corrected chi connectivity index (χ4v) is 3.56. The van der Waals surface area contributed by atoms with Gasteiger partial charge in [-0.3, -0.25) is 14.6 Å². The van der Waals surface area contributed by atoms with Crippen molar-refractivity contribution in [3.05, 3.63) is 34.6 Å². The summed E-state index contributed by atoms with van der Waals surface area (Å²) in [5, 5.41) is 3.75. The molecule has 23 heavy (non-hydrogen) atoms. The standard InChI is InChI=1S/C16H22N4O2S/c1-11-15(23-12(2)18-11)6-8-19(3)16(22)13-9-17-7-5-14(13)20(4)10-21/h5,7,9-10,12,18H,6,8H2,1-4H3. The zero-order valence-corrected chi connectivity index (χ0v) is 14.7. The van der Waals surface area contributed by atoms with E-state index >= 15 is 0 Å². The minimum atomic E-state index is -0.135. The van der Waals surface area contributed by atoms with Gasteiger partial charge in [0.25, 0.3) is 5.91 Å². The third kappa shape index (κ3) is 4.04. The fraction of sp³-hybridized carbons (Fsp3) is 0.438. The van der Waals surface area contributed by atoms with E-state index in [0.29, 0.717) is 29.6 Å². The van der Waals surface area contributed by atoms with Crippen LogP contribution in [0.1, 0.15) is 30.6 Å². The van der Waals surface area contributed by atoms with Gasteiger partial charge in [-0.25, -0.2) is 0 Å². The lowest BCUT2D eigenvalue weighted by molar-refractivity contribution is -0.107. The lowest BCUT2D eigenvalue weighted by atomic mass is 10.2. The van der Waals surface area contributed by atoms with Crippen molar-refractivity contribution in [2.75, 3.05) is 25.5 Å². The zero-order chi connectivity index (χ0) is 17.0. The number of hydrogen-bond acceptors (Lipinski definition) is 5. The lowest BCUT2D eigenvalue weighted by Crippen LogP contribution is -2.30. The van der Waals surface area contributed by atoms with Crippen molar-refractivity contribution in [1.29, 1.82) is 0 Å². The van der Waals surface area contributed by atoms with Crippen molar-refractivity contribution in [3.63, 3.8) is 0 Å². The molecular weight excluding hydrogens is 312 g/mol. The summed E-state index contributed by atoms with van der Waals surface area (Å²) in [5.74, 6) is -0.135. The van der Waals surface area contributed by atoms with Crippen LogP contribution in [0.4, 0.5) is 5.69 Å². The highest BCUT2D eigenvalue weighted by atomic mass is 32.2. The van der Waals surface area contributed by atoms with Crippen LogP contribution in [-0.4, -0.2) is 48.2 Å². The van der Waals surface area contributed by atoms with Crippen molar-refractivity contribution in [3.8, 4) is 0 Å². The Morgan fingerprint density at radius 3 is 2.83 bits per heavy atom. The number of hydrogen-bond donors (Lipinski definition) is 1. The monoisotopic (exact) mass is 334 g/mol. The fourth-order valence-electron chi connectivity index (χ4n) is 2.46. The molecule has 1 atom stereocenters. The molecule has 1 aromatic heterocycles. The molecule has 0 aliphatic carbocycles. The number of thioether (sulfide) groups is 1. The predicted molar refractivity (Wildman–Crippen MR) is 93.2 cm³/mol. The molecule has 1 N–H and O–H groups in total. The minimum absolute atomic E-state index is 0.135. The number of carbonyl (C=O) groups is 2. The number of nitrogens with one attached hydrogen (secondary N) is 1. The molecule has 0 radical (unpaired) electrons. The molecule has 124 valence electrons. The number of carbonyl (C=O) groups excluding carboxylic acids is 2. The third-order valence-corrected chi connectivity index (χ3v) is 5.01. The SMILES string of the molecule is CC1=C(CCN(C)C(=O)c2cnccc2N(C)C=O)SC(C)N1. The largest absolute Gasteiger partial charge is 0.376 e. The summed E-state index contributed by atoms with van der Waals surface area (Å²) in [6.07, 6.45) is 4.58. The Kier molecular flexibility index (Phi) is 5.65. The van der Waals surface area contributed by atoms with Crippen molar-refractivity contribution >= 4 is 29.8 Å². The maximum Gasteiger partial charge on any atom is 0.257 e. The Balaban J connectivity index is 2.06. The molecule has 0 saturated carbocycles. The number of pyridine rings is 1. The highest BCUT2D eigenvalue weighted by Gasteiger charge is 2.21. The molecule has 0 saturated heterocycles. The average Bonchev–Trinajstić information content (AvgIpc) is 2.88. The van der Waals surface area contributed by atoms with Crippen LogP contribution in [0.25, 0.3) is 0 Å². The zero-order valence-electron chi connectivity index (χ0n) is 13.9. The van der Waals surface area contributed by atoms with Crippen LogP contribution in [0.15, 0.2) is 29.1 Å². The van der Waals surface area contributed by atoms with E-state index in [1.54, 1.807) is 43.0 Å². The van der Waals surface area contributed by atoms with E-state index in [4.69, 9.17) is 0 Å². The second-order valence-electron chi connectivity index (χ2n) is 5.54. The van der Waals surface area contributed by atoms with Crippen LogP contribution >= 0.6 is 11.8 Å². The van der Waals surface area contributed by atoms with Gasteiger partial charge in [0.05, 0.1) is 16.6 Å². The van der Waals surface area contributed by atoms with E-state index in [1.165, 1.54) is 21.7 Å². The molecule has 0 bridgehead atoms. The molecule has 2 heterocycles. The number of anilines is 1. The van der Waals surface area contributed by atoms with Gasteiger partial charge < -0.3 is 15.1 Å². The first-order valence-corrected chi connectivity index (χ1v) is 8.32. The molecule has 0 aromatic carbocycles. The van der Waals surface area contributed by atoms with Gasteiger partial charge in [-0.2, -0.15) is 0 Å². The second-order valence-corrected chi connectivity index (χ2v) is 6.97. The summed E-state index contributed by atoms with van der Waals surface area (Å²) < 4.78 is 0. The Morgan fingerprint density at radius 1 is 1.48 bits per heavy atom. The van der Waals surface area contributed by atoms with Crippen LogP contribution in [0.2, 0.25) is 0 Å². The van der Waals surface area contributed by atoms with Gasteiger partial charge in [0.1, 0.15) is 0 Å². The number of allylic oxidation sites excluding steroid dienone is 1. The molecule has 2 amide bonds. The summed E-state index contributed by atoms with van der Waals surface area (Å²) >= 11 is 1.80. The van der Waals surface area contributed by atoms with Crippen LogP contribution < -0.4 is 10.2 Å². The van der Waals surface area contributed by atoms with E-state index in [0.717, 1.165) is 6.42 Å². The normalized spacial score (nSPS) is 17.0. The highest BCUT2D eigenvalue weighted by Crippen LogP contribution is 2.32. The average molecular weight is 334 g/mol. The molecular formula is C16H22N4O2S. The maximum absolute atomic E-state index is 12.6. The smallest absolute Gasteiger partial charge is 0.257 e. The Hall–Kier alpha value is -2.02. The summed E-state index contributed by atoms with van der Waals surface area (Å²) in [5.41, 5.74) is 2.18. The van der Waals surface area contributed by atoms with Gasteiger partial charge in [-0.1, -0.05) is 0 Å². The Bertz CT molecular complexity index is 632. The maximum atomic E-state index is 12.6.